The van der Waals surface area contributed by atoms with E-state index in [9.17, 15) is 4.39 Å². The number of halogens is 1. The number of pyridine rings is 1. The predicted molar refractivity (Wildman–Crippen MR) is 67.4 cm³/mol. The minimum absolute atomic E-state index is 0.303. The topological polar surface area (TPSA) is 48.7 Å². The van der Waals surface area contributed by atoms with Crippen molar-refractivity contribution in [2.24, 2.45) is 0 Å². The van der Waals surface area contributed by atoms with Crippen molar-refractivity contribution >= 4 is 5.69 Å². The van der Waals surface area contributed by atoms with E-state index in [0.29, 0.717) is 17.9 Å². The molecule has 0 saturated heterocycles. The number of benzene rings is 1. The van der Waals surface area contributed by atoms with Crippen molar-refractivity contribution in [1.82, 2.24) is 4.98 Å². The summed E-state index contributed by atoms with van der Waals surface area (Å²) in [5.41, 5.74) is 2.52. The summed E-state index contributed by atoms with van der Waals surface area (Å²) in [6.45, 7) is 2.27. The van der Waals surface area contributed by atoms with Gasteiger partial charge in [-0.2, -0.15) is 5.26 Å². The van der Waals surface area contributed by atoms with Crippen LogP contribution in [0.2, 0.25) is 0 Å². The monoisotopic (exact) mass is 241 g/mol. The van der Waals surface area contributed by atoms with Crippen LogP contribution in [0.15, 0.2) is 36.5 Å². The van der Waals surface area contributed by atoms with Gasteiger partial charge in [0.25, 0.3) is 0 Å². The molecule has 0 aliphatic heterocycles. The summed E-state index contributed by atoms with van der Waals surface area (Å²) < 4.78 is 13.5. The average molecular weight is 241 g/mol. The molecule has 0 amide bonds. The summed E-state index contributed by atoms with van der Waals surface area (Å²) >= 11 is 0. The lowest BCUT2D eigenvalue weighted by Gasteiger charge is -2.09. The van der Waals surface area contributed by atoms with E-state index in [0.717, 1.165) is 11.1 Å². The maximum absolute atomic E-state index is 13.5. The van der Waals surface area contributed by atoms with Gasteiger partial charge < -0.3 is 5.32 Å². The Bertz CT molecular complexity index is 602. The number of aryl methyl sites for hydroxylation is 1. The number of nitriles is 1. The van der Waals surface area contributed by atoms with Gasteiger partial charge in [-0.25, -0.2) is 9.37 Å². The standard InChI is InChI=1S/C14H12FN3/c1-10-4-5-12(15)13(7-10)18-9-11-3-2-6-17-14(11)8-16/h2-7,18H,9H2,1H3. The highest BCUT2D eigenvalue weighted by atomic mass is 19.1. The molecule has 90 valence electrons. The lowest BCUT2D eigenvalue weighted by molar-refractivity contribution is 0.629. The van der Waals surface area contributed by atoms with Crippen molar-refractivity contribution in [2.45, 2.75) is 13.5 Å². The van der Waals surface area contributed by atoms with E-state index >= 15 is 0 Å². The number of hydrogen-bond donors (Lipinski definition) is 1. The number of anilines is 1. The summed E-state index contributed by atoms with van der Waals surface area (Å²) in [6.07, 6.45) is 1.56. The second-order valence-corrected chi connectivity index (χ2v) is 3.96. The average Bonchev–Trinajstić information content (AvgIpc) is 2.40. The minimum atomic E-state index is -0.303. The van der Waals surface area contributed by atoms with Crippen LogP contribution in [0.4, 0.5) is 10.1 Å². The van der Waals surface area contributed by atoms with Crippen molar-refractivity contribution in [1.29, 1.82) is 5.26 Å². The minimum Gasteiger partial charge on any atom is -0.378 e. The van der Waals surface area contributed by atoms with Gasteiger partial charge in [0, 0.05) is 18.3 Å². The Morgan fingerprint density at radius 1 is 1.39 bits per heavy atom. The van der Waals surface area contributed by atoms with Crippen molar-refractivity contribution in [3.63, 3.8) is 0 Å². The van der Waals surface area contributed by atoms with Gasteiger partial charge in [-0.05, 0) is 30.7 Å². The lowest BCUT2D eigenvalue weighted by Crippen LogP contribution is -2.04. The Morgan fingerprint density at radius 3 is 3.00 bits per heavy atom. The van der Waals surface area contributed by atoms with Gasteiger partial charge in [0.05, 0.1) is 5.69 Å². The molecule has 0 radical (unpaired) electrons. The highest BCUT2D eigenvalue weighted by Crippen LogP contribution is 2.17. The summed E-state index contributed by atoms with van der Waals surface area (Å²) in [4.78, 5) is 3.95. The van der Waals surface area contributed by atoms with Gasteiger partial charge in [-0.1, -0.05) is 12.1 Å². The van der Waals surface area contributed by atoms with E-state index in [2.05, 4.69) is 10.3 Å². The van der Waals surface area contributed by atoms with Gasteiger partial charge in [-0.15, -0.1) is 0 Å². The second kappa shape index (κ2) is 5.28. The molecule has 0 aliphatic carbocycles. The molecule has 1 aromatic carbocycles. The Hall–Kier alpha value is -2.41. The van der Waals surface area contributed by atoms with Gasteiger partial charge in [0.15, 0.2) is 0 Å². The number of rotatable bonds is 3. The Balaban J connectivity index is 2.17. The first kappa shape index (κ1) is 12.1. The molecular weight excluding hydrogens is 229 g/mol. The quantitative estimate of drug-likeness (QED) is 0.898. The summed E-state index contributed by atoms with van der Waals surface area (Å²) in [5.74, 6) is -0.303. The fraction of sp³-hybridized carbons (Fsp3) is 0.143. The van der Waals surface area contributed by atoms with Crippen molar-refractivity contribution < 1.29 is 4.39 Å². The first-order valence-corrected chi connectivity index (χ1v) is 5.54. The third-order valence-corrected chi connectivity index (χ3v) is 2.59. The second-order valence-electron chi connectivity index (χ2n) is 3.96. The number of aromatic nitrogens is 1. The smallest absolute Gasteiger partial charge is 0.146 e. The number of nitrogens with one attached hydrogen (secondary N) is 1. The van der Waals surface area contributed by atoms with Gasteiger partial charge in [0.2, 0.25) is 0 Å². The molecule has 0 fully saturated rings. The molecule has 3 nitrogen and oxygen atoms in total. The Labute approximate surface area is 105 Å². The summed E-state index contributed by atoms with van der Waals surface area (Å²) in [5, 5.41) is 11.9. The van der Waals surface area contributed by atoms with Gasteiger partial charge >= 0.3 is 0 Å². The highest BCUT2D eigenvalue weighted by Gasteiger charge is 2.05. The molecule has 2 aromatic rings. The molecule has 0 unspecified atom stereocenters. The number of nitrogens with zero attached hydrogens (tertiary/aromatic N) is 2. The molecule has 1 N–H and O–H groups in total. The van der Waals surface area contributed by atoms with Crippen LogP contribution >= 0.6 is 0 Å². The highest BCUT2D eigenvalue weighted by molar-refractivity contribution is 5.48. The largest absolute Gasteiger partial charge is 0.378 e. The molecular formula is C14H12FN3. The molecule has 0 atom stereocenters. The Kier molecular flexibility index (Phi) is 3.54. The molecule has 0 spiro atoms. The van der Waals surface area contributed by atoms with Crippen LogP contribution in [0.1, 0.15) is 16.8 Å². The van der Waals surface area contributed by atoms with Crippen molar-refractivity contribution in [3.05, 3.63) is 59.2 Å². The fourth-order valence-corrected chi connectivity index (χ4v) is 1.65. The molecule has 0 saturated carbocycles. The molecule has 2 rings (SSSR count). The zero-order valence-corrected chi connectivity index (χ0v) is 9.94. The normalized spacial score (nSPS) is 9.83. The molecule has 4 heteroatoms. The zero-order chi connectivity index (χ0) is 13.0. The van der Waals surface area contributed by atoms with Crippen LogP contribution < -0.4 is 5.32 Å². The third-order valence-electron chi connectivity index (χ3n) is 2.59. The first-order valence-electron chi connectivity index (χ1n) is 5.54. The van der Waals surface area contributed by atoms with Gasteiger partial charge in [0.1, 0.15) is 17.6 Å². The molecule has 1 aromatic heterocycles. The summed E-state index contributed by atoms with van der Waals surface area (Å²) in [6, 6.07) is 10.4. The van der Waals surface area contributed by atoms with E-state index in [1.54, 1.807) is 30.5 Å². The van der Waals surface area contributed by atoms with E-state index < -0.39 is 0 Å². The van der Waals surface area contributed by atoms with Gasteiger partial charge in [-0.3, -0.25) is 0 Å². The molecule has 0 aliphatic rings. The van der Waals surface area contributed by atoms with Crippen LogP contribution in [0.3, 0.4) is 0 Å². The van der Waals surface area contributed by atoms with E-state index in [1.807, 2.05) is 13.0 Å². The van der Waals surface area contributed by atoms with Crippen LogP contribution in [-0.2, 0) is 6.54 Å². The van der Waals surface area contributed by atoms with Crippen LogP contribution in [0.5, 0.6) is 0 Å². The van der Waals surface area contributed by atoms with Crippen LogP contribution in [-0.4, -0.2) is 4.98 Å². The van der Waals surface area contributed by atoms with Crippen LogP contribution in [0.25, 0.3) is 0 Å². The Morgan fingerprint density at radius 2 is 2.22 bits per heavy atom. The van der Waals surface area contributed by atoms with E-state index in [4.69, 9.17) is 5.26 Å². The van der Waals surface area contributed by atoms with Crippen molar-refractivity contribution in [3.8, 4) is 6.07 Å². The lowest BCUT2D eigenvalue weighted by atomic mass is 10.2. The first-order chi connectivity index (χ1) is 8.70. The maximum atomic E-state index is 13.5. The van der Waals surface area contributed by atoms with Crippen molar-refractivity contribution in [2.75, 3.05) is 5.32 Å². The molecule has 0 bridgehead atoms. The van der Waals surface area contributed by atoms with E-state index in [1.165, 1.54) is 6.07 Å². The third kappa shape index (κ3) is 2.64. The SMILES string of the molecule is Cc1ccc(F)c(NCc2cccnc2C#N)c1. The predicted octanol–water partition coefficient (Wildman–Crippen LogP) is 3.01. The van der Waals surface area contributed by atoms with Crippen LogP contribution in [0, 0.1) is 24.1 Å². The molecule has 18 heavy (non-hydrogen) atoms. The van der Waals surface area contributed by atoms with E-state index in [-0.39, 0.29) is 5.82 Å². The fourth-order valence-electron chi connectivity index (χ4n) is 1.65. The summed E-state index contributed by atoms with van der Waals surface area (Å²) in [7, 11) is 0. The maximum Gasteiger partial charge on any atom is 0.146 e. The number of hydrogen-bond acceptors (Lipinski definition) is 3. The zero-order valence-electron chi connectivity index (χ0n) is 9.94. The molecule has 1 heterocycles.